The van der Waals surface area contributed by atoms with E-state index in [1.807, 2.05) is 56.3 Å². The number of halogens is 3. The lowest BCUT2D eigenvalue weighted by Gasteiger charge is -2.15. The van der Waals surface area contributed by atoms with Gasteiger partial charge in [-0.3, -0.25) is 4.79 Å². The van der Waals surface area contributed by atoms with Crippen molar-refractivity contribution in [1.82, 2.24) is 0 Å². The molecular weight excluding hydrogens is 527 g/mol. The molecule has 0 unspecified atom stereocenters. The van der Waals surface area contributed by atoms with Crippen LogP contribution < -0.4 is 20.1 Å². The molecule has 0 bridgehead atoms. The first-order valence-electron chi connectivity index (χ1n) is 10.3. The highest BCUT2D eigenvalue weighted by molar-refractivity contribution is 9.10. The van der Waals surface area contributed by atoms with Crippen molar-refractivity contribution in [3.05, 3.63) is 80.2 Å². The molecule has 3 aromatic carbocycles. The van der Waals surface area contributed by atoms with Crippen LogP contribution in [0.1, 0.15) is 25.0 Å². The second-order valence-corrected chi connectivity index (χ2v) is 9.39. The van der Waals surface area contributed by atoms with Crippen LogP contribution in [0.2, 0.25) is 10.0 Å². The number of carbonyl (C=O) groups excluding carboxylic acids is 1. The van der Waals surface area contributed by atoms with Crippen LogP contribution in [-0.4, -0.2) is 13.0 Å². The highest BCUT2D eigenvalue weighted by Crippen LogP contribution is 2.35. The molecule has 0 fully saturated rings. The Bertz CT molecular complexity index is 1120. The Morgan fingerprint density at radius 2 is 1.67 bits per heavy atom. The maximum Gasteiger partial charge on any atom is 0.226 e. The zero-order chi connectivity index (χ0) is 24.0. The molecule has 174 valence electrons. The summed E-state index contributed by atoms with van der Waals surface area (Å²) in [5.74, 6) is 1.15. The zero-order valence-corrected chi connectivity index (χ0v) is 21.6. The molecule has 0 saturated heterocycles. The molecule has 0 atom stereocenters. The molecule has 5 nitrogen and oxygen atoms in total. The van der Waals surface area contributed by atoms with Gasteiger partial charge in [0.25, 0.3) is 0 Å². The number of nitrogens with one attached hydrogen (secondary N) is 2. The first-order valence-corrected chi connectivity index (χ1v) is 11.9. The molecule has 33 heavy (non-hydrogen) atoms. The normalized spacial score (nSPS) is 10.8. The lowest BCUT2D eigenvalue weighted by atomic mass is 10.1. The minimum Gasteiger partial charge on any atom is -0.493 e. The average Bonchev–Trinajstić information content (AvgIpc) is 2.78. The van der Waals surface area contributed by atoms with E-state index in [1.165, 1.54) is 0 Å². The van der Waals surface area contributed by atoms with E-state index in [-0.39, 0.29) is 18.4 Å². The summed E-state index contributed by atoms with van der Waals surface area (Å²) in [6.45, 7) is 4.58. The van der Waals surface area contributed by atoms with Gasteiger partial charge in [-0.05, 0) is 54.1 Å². The smallest absolute Gasteiger partial charge is 0.226 e. The van der Waals surface area contributed by atoms with E-state index in [9.17, 15) is 4.79 Å². The van der Waals surface area contributed by atoms with Crippen LogP contribution in [0.3, 0.4) is 0 Å². The van der Waals surface area contributed by atoms with Crippen LogP contribution in [0, 0.1) is 5.92 Å². The molecule has 2 N–H and O–H groups in total. The standard InChI is InChI=1S/C25H25BrCl2N2O3/c1-15(2)25(31)30-20-8-6-19(7-9-20)29-13-17-10-23(32-3)24(12-21(17)26)33-14-16-4-5-18(27)11-22(16)28/h4-12,15,29H,13-14H2,1-3H3,(H,30,31). The molecule has 0 heterocycles. The summed E-state index contributed by atoms with van der Waals surface area (Å²) < 4.78 is 12.4. The van der Waals surface area contributed by atoms with Crippen molar-refractivity contribution in [1.29, 1.82) is 0 Å². The number of ether oxygens (including phenoxy) is 2. The van der Waals surface area contributed by atoms with Crippen molar-refractivity contribution < 1.29 is 14.3 Å². The van der Waals surface area contributed by atoms with Crippen molar-refractivity contribution in [3.63, 3.8) is 0 Å². The molecule has 0 aliphatic rings. The predicted octanol–water partition coefficient (Wildman–Crippen LogP) is 7.55. The van der Waals surface area contributed by atoms with Crippen LogP contribution in [0.5, 0.6) is 11.5 Å². The fraction of sp³-hybridized carbons (Fsp3) is 0.240. The van der Waals surface area contributed by atoms with Crippen molar-refractivity contribution in [2.45, 2.75) is 27.0 Å². The number of amides is 1. The third kappa shape index (κ3) is 7.03. The number of benzene rings is 3. The molecule has 8 heteroatoms. The Kier molecular flexibility index (Phi) is 8.89. The fourth-order valence-electron chi connectivity index (χ4n) is 2.93. The van der Waals surface area contributed by atoms with Crippen LogP contribution >= 0.6 is 39.1 Å². The van der Waals surface area contributed by atoms with Gasteiger partial charge in [0, 0.05) is 43.9 Å². The Hall–Kier alpha value is -2.41. The van der Waals surface area contributed by atoms with Gasteiger partial charge in [-0.1, -0.05) is 59.0 Å². The van der Waals surface area contributed by atoms with Crippen LogP contribution in [-0.2, 0) is 17.9 Å². The lowest BCUT2D eigenvalue weighted by molar-refractivity contribution is -0.118. The number of rotatable bonds is 9. The molecule has 1 amide bonds. The van der Waals surface area contributed by atoms with Gasteiger partial charge in [0.1, 0.15) is 6.61 Å². The molecule has 0 aliphatic heterocycles. The Balaban J connectivity index is 1.65. The SMILES string of the molecule is COc1cc(CNc2ccc(NC(=O)C(C)C)cc2)c(Br)cc1OCc1ccc(Cl)cc1Cl. The Morgan fingerprint density at radius 3 is 2.30 bits per heavy atom. The van der Waals surface area contributed by atoms with Gasteiger partial charge in [-0.2, -0.15) is 0 Å². The van der Waals surface area contributed by atoms with Gasteiger partial charge in [0.05, 0.1) is 7.11 Å². The van der Waals surface area contributed by atoms with E-state index in [4.69, 9.17) is 32.7 Å². The van der Waals surface area contributed by atoms with Crippen LogP contribution in [0.25, 0.3) is 0 Å². The van der Waals surface area contributed by atoms with E-state index < -0.39 is 0 Å². The molecule has 3 aromatic rings. The number of methoxy groups -OCH3 is 1. The molecule has 0 spiro atoms. The summed E-state index contributed by atoms with van der Waals surface area (Å²) in [4.78, 5) is 11.8. The van der Waals surface area contributed by atoms with E-state index in [0.29, 0.717) is 28.1 Å². The maximum absolute atomic E-state index is 11.8. The number of carbonyl (C=O) groups is 1. The molecule has 0 saturated carbocycles. The first-order chi connectivity index (χ1) is 15.8. The van der Waals surface area contributed by atoms with E-state index in [1.54, 1.807) is 19.2 Å². The summed E-state index contributed by atoms with van der Waals surface area (Å²) in [5, 5.41) is 7.39. The van der Waals surface area contributed by atoms with Gasteiger partial charge in [0.15, 0.2) is 11.5 Å². The molecular formula is C25H25BrCl2N2O3. The first kappa shape index (κ1) is 25.2. The van der Waals surface area contributed by atoms with Gasteiger partial charge < -0.3 is 20.1 Å². The van der Waals surface area contributed by atoms with Gasteiger partial charge >= 0.3 is 0 Å². The van der Waals surface area contributed by atoms with Crippen molar-refractivity contribution in [3.8, 4) is 11.5 Å². The van der Waals surface area contributed by atoms with Gasteiger partial charge in [0.2, 0.25) is 5.91 Å². The Labute approximate surface area is 212 Å². The second kappa shape index (κ2) is 11.6. The monoisotopic (exact) mass is 550 g/mol. The minimum atomic E-state index is -0.0646. The largest absolute Gasteiger partial charge is 0.493 e. The second-order valence-electron chi connectivity index (χ2n) is 7.69. The highest BCUT2D eigenvalue weighted by Gasteiger charge is 2.12. The van der Waals surface area contributed by atoms with Crippen molar-refractivity contribution in [2.24, 2.45) is 5.92 Å². The van der Waals surface area contributed by atoms with E-state index >= 15 is 0 Å². The minimum absolute atomic E-state index is 0.00706. The zero-order valence-electron chi connectivity index (χ0n) is 18.5. The quantitative estimate of drug-likeness (QED) is 0.288. The van der Waals surface area contributed by atoms with E-state index in [2.05, 4.69) is 26.6 Å². The average molecular weight is 552 g/mol. The fourth-order valence-corrected chi connectivity index (χ4v) is 3.86. The van der Waals surface area contributed by atoms with Crippen LogP contribution in [0.4, 0.5) is 11.4 Å². The molecule has 0 radical (unpaired) electrons. The summed E-state index contributed by atoms with van der Waals surface area (Å²) in [7, 11) is 1.60. The number of anilines is 2. The topological polar surface area (TPSA) is 59.6 Å². The summed E-state index contributed by atoms with van der Waals surface area (Å²) >= 11 is 15.8. The van der Waals surface area contributed by atoms with Gasteiger partial charge in [-0.25, -0.2) is 0 Å². The summed E-state index contributed by atoms with van der Waals surface area (Å²) in [5.41, 5.74) is 3.53. The molecule has 3 rings (SSSR count). The van der Waals surface area contributed by atoms with E-state index in [0.717, 1.165) is 27.0 Å². The maximum atomic E-state index is 11.8. The Morgan fingerprint density at radius 1 is 0.970 bits per heavy atom. The predicted molar refractivity (Wildman–Crippen MR) is 139 cm³/mol. The lowest BCUT2D eigenvalue weighted by Crippen LogP contribution is -2.17. The highest BCUT2D eigenvalue weighted by atomic mass is 79.9. The van der Waals surface area contributed by atoms with Gasteiger partial charge in [-0.15, -0.1) is 0 Å². The van der Waals surface area contributed by atoms with Crippen molar-refractivity contribution >= 4 is 56.4 Å². The number of hydrogen-bond acceptors (Lipinski definition) is 4. The molecule has 0 aliphatic carbocycles. The number of hydrogen-bond donors (Lipinski definition) is 2. The van der Waals surface area contributed by atoms with Crippen LogP contribution in [0.15, 0.2) is 59.1 Å². The summed E-state index contributed by atoms with van der Waals surface area (Å²) in [6, 6.07) is 16.7. The third-order valence-electron chi connectivity index (χ3n) is 4.89. The van der Waals surface area contributed by atoms with Crippen molar-refractivity contribution in [2.75, 3.05) is 17.7 Å². The third-order valence-corrected chi connectivity index (χ3v) is 6.22. The summed E-state index contributed by atoms with van der Waals surface area (Å²) in [6.07, 6.45) is 0. The molecule has 0 aromatic heterocycles.